The highest BCUT2D eigenvalue weighted by atomic mass is 32.1. The minimum absolute atomic E-state index is 0.220. The molecule has 1 aromatic heterocycles. The van der Waals surface area contributed by atoms with Gasteiger partial charge in [-0.3, -0.25) is 4.79 Å². The highest BCUT2D eigenvalue weighted by molar-refractivity contribution is 7.17. The quantitative estimate of drug-likeness (QED) is 0.748. The lowest BCUT2D eigenvalue weighted by atomic mass is 9.95. The number of thiophene rings is 1. The Labute approximate surface area is 159 Å². The summed E-state index contributed by atoms with van der Waals surface area (Å²) in [6.07, 6.45) is 3.65. The van der Waals surface area contributed by atoms with Gasteiger partial charge in [0.25, 0.3) is 5.91 Å². The molecule has 3 rings (SSSR count). The highest BCUT2D eigenvalue weighted by Crippen LogP contribution is 2.38. The summed E-state index contributed by atoms with van der Waals surface area (Å²) in [6, 6.07) is 2.84. The van der Waals surface area contributed by atoms with E-state index < -0.39 is 30.1 Å². The van der Waals surface area contributed by atoms with Crippen LogP contribution in [0.15, 0.2) is 18.2 Å². The molecule has 8 heteroatoms. The van der Waals surface area contributed by atoms with Crippen molar-refractivity contribution in [1.29, 1.82) is 0 Å². The molecule has 1 amide bonds. The summed E-state index contributed by atoms with van der Waals surface area (Å²) >= 11 is 1.36. The van der Waals surface area contributed by atoms with Crippen molar-refractivity contribution in [3.05, 3.63) is 45.8 Å². The van der Waals surface area contributed by atoms with E-state index in [-0.39, 0.29) is 12.4 Å². The van der Waals surface area contributed by atoms with Gasteiger partial charge in [0.1, 0.15) is 10.8 Å². The Morgan fingerprint density at radius 3 is 2.74 bits per heavy atom. The minimum atomic E-state index is -0.887. The van der Waals surface area contributed by atoms with E-state index in [1.165, 1.54) is 11.3 Å². The maximum absolute atomic E-state index is 13.6. The van der Waals surface area contributed by atoms with E-state index in [4.69, 9.17) is 9.47 Å². The Balaban J connectivity index is 1.73. The van der Waals surface area contributed by atoms with E-state index in [0.29, 0.717) is 16.6 Å². The second kappa shape index (κ2) is 8.47. The Bertz CT molecular complexity index is 866. The van der Waals surface area contributed by atoms with Crippen LogP contribution in [-0.2, 0) is 22.4 Å². The lowest BCUT2D eigenvalue weighted by Gasteiger charge is -2.12. The first kappa shape index (κ1) is 19.3. The van der Waals surface area contributed by atoms with E-state index in [0.717, 1.165) is 48.3 Å². The molecule has 1 aliphatic rings. The first-order valence-corrected chi connectivity index (χ1v) is 9.50. The molecule has 0 bridgehead atoms. The number of esters is 1. The van der Waals surface area contributed by atoms with Crippen LogP contribution in [0.5, 0.6) is 5.75 Å². The van der Waals surface area contributed by atoms with Gasteiger partial charge in [0, 0.05) is 10.9 Å². The van der Waals surface area contributed by atoms with Crippen molar-refractivity contribution < 1.29 is 27.8 Å². The molecular formula is C19H19F2NO4S. The van der Waals surface area contributed by atoms with Crippen LogP contribution in [0.2, 0.25) is 0 Å². The number of nitrogens with one attached hydrogen (secondary N) is 1. The van der Waals surface area contributed by atoms with Gasteiger partial charge in [-0.25, -0.2) is 13.6 Å². The van der Waals surface area contributed by atoms with Crippen LogP contribution in [0.1, 0.15) is 40.6 Å². The van der Waals surface area contributed by atoms with E-state index in [2.05, 4.69) is 5.32 Å². The molecule has 1 N–H and O–H groups in total. The van der Waals surface area contributed by atoms with Gasteiger partial charge in [-0.15, -0.1) is 11.3 Å². The topological polar surface area (TPSA) is 64.6 Å². The molecule has 27 heavy (non-hydrogen) atoms. The number of hydrogen-bond acceptors (Lipinski definition) is 5. The molecule has 1 heterocycles. The highest BCUT2D eigenvalue weighted by Gasteiger charge is 2.27. The van der Waals surface area contributed by atoms with Crippen molar-refractivity contribution in [3.63, 3.8) is 0 Å². The Morgan fingerprint density at radius 2 is 2.00 bits per heavy atom. The van der Waals surface area contributed by atoms with E-state index >= 15 is 0 Å². The molecule has 0 spiro atoms. The number of hydrogen-bond donors (Lipinski definition) is 1. The Hall–Kier alpha value is -2.48. The third kappa shape index (κ3) is 4.44. The van der Waals surface area contributed by atoms with Gasteiger partial charge in [-0.2, -0.15) is 0 Å². The second-order valence-electron chi connectivity index (χ2n) is 6.05. The summed E-state index contributed by atoms with van der Waals surface area (Å²) in [7, 11) is 0. The summed E-state index contributed by atoms with van der Waals surface area (Å²) in [5.41, 5.74) is 1.34. The van der Waals surface area contributed by atoms with Crippen molar-refractivity contribution >= 4 is 28.2 Å². The monoisotopic (exact) mass is 395 g/mol. The number of amides is 1. The molecule has 0 saturated heterocycles. The second-order valence-corrected chi connectivity index (χ2v) is 7.15. The number of rotatable bonds is 6. The average molecular weight is 395 g/mol. The predicted octanol–water partition coefficient (Wildman–Crippen LogP) is 4.10. The summed E-state index contributed by atoms with van der Waals surface area (Å²) < 4.78 is 36.7. The zero-order valence-electron chi connectivity index (χ0n) is 14.8. The summed E-state index contributed by atoms with van der Waals surface area (Å²) in [5, 5.41) is 3.09. The average Bonchev–Trinajstić information content (AvgIpc) is 2.99. The lowest BCUT2D eigenvalue weighted by molar-refractivity contribution is -0.118. The maximum Gasteiger partial charge on any atom is 0.341 e. The van der Waals surface area contributed by atoms with Gasteiger partial charge in [-0.1, -0.05) is 0 Å². The van der Waals surface area contributed by atoms with Crippen LogP contribution in [0, 0.1) is 11.6 Å². The maximum atomic E-state index is 13.6. The number of aryl methyl sites for hydroxylation is 1. The molecular weight excluding hydrogens is 376 g/mol. The number of benzene rings is 1. The van der Waals surface area contributed by atoms with Crippen LogP contribution < -0.4 is 10.1 Å². The fraction of sp³-hybridized carbons (Fsp3) is 0.368. The van der Waals surface area contributed by atoms with E-state index in [1.54, 1.807) is 6.92 Å². The lowest BCUT2D eigenvalue weighted by Crippen LogP contribution is -2.21. The molecule has 0 saturated carbocycles. The minimum Gasteiger partial charge on any atom is -0.481 e. The molecule has 0 unspecified atom stereocenters. The van der Waals surface area contributed by atoms with Gasteiger partial charge in [0.15, 0.2) is 18.2 Å². The largest absolute Gasteiger partial charge is 0.481 e. The third-order valence-corrected chi connectivity index (χ3v) is 5.36. The van der Waals surface area contributed by atoms with Gasteiger partial charge >= 0.3 is 5.97 Å². The number of fused-ring (bicyclic) bond motifs is 1. The zero-order chi connectivity index (χ0) is 19.4. The van der Waals surface area contributed by atoms with Gasteiger partial charge < -0.3 is 14.8 Å². The zero-order valence-corrected chi connectivity index (χ0v) is 15.6. The molecule has 144 valence electrons. The van der Waals surface area contributed by atoms with Crippen molar-refractivity contribution in [1.82, 2.24) is 0 Å². The van der Waals surface area contributed by atoms with Gasteiger partial charge in [0.05, 0.1) is 12.2 Å². The fourth-order valence-electron chi connectivity index (χ4n) is 2.97. The first-order chi connectivity index (χ1) is 13.0. The summed E-state index contributed by atoms with van der Waals surface area (Å²) in [4.78, 5) is 25.7. The predicted molar refractivity (Wildman–Crippen MR) is 97.4 cm³/mol. The SMILES string of the molecule is CCOC(=O)c1c(NC(=O)COc2ccc(F)cc2F)sc2c1CCCC2. The molecule has 0 fully saturated rings. The van der Waals surface area contributed by atoms with Crippen molar-refractivity contribution in [2.45, 2.75) is 32.6 Å². The number of carbonyl (C=O) groups excluding carboxylic acids is 2. The number of halogens is 2. The van der Waals surface area contributed by atoms with Crippen LogP contribution in [0.25, 0.3) is 0 Å². The smallest absolute Gasteiger partial charge is 0.341 e. The van der Waals surface area contributed by atoms with E-state index in [1.807, 2.05) is 0 Å². The Kier molecular flexibility index (Phi) is 6.05. The number of ether oxygens (including phenoxy) is 2. The van der Waals surface area contributed by atoms with Crippen molar-refractivity contribution in [2.75, 3.05) is 18.5 Å². The number of carbonyl (C=O) groups is 2. The molecule has 1 aromatic carbocycles. The molecule has 2 aromatic rings. The van der Waals surface area contributed by atoms with E-state index in [9.17, 15) is 18.4 Å². The van der Waals surface area contributed by atoms with Gasteiger partial charge in [0.2, 0.25) is 0 Å². The summed E-state index contributed by atoms with van der Waals surface area (Å²) in [6.45, 7) is 1.50. The molecule has 5 nitrogen and oxygen atoms in total. The third-order valence-electron chi connectivity index (χ3n) is 4.16. The summed E-state index contributed by atoms with van der Waals surface area (Å²) in [5.74, 6) is -2.84. The fourth-order valence-corrected chi connectivity index (χ4v) is 4.27. The molecule has 0 radical (unpaired) electrons. The van der Waals surface area contributed by atoms with Crippen LogP contribution >= 0.6 is 11.3 Å². The van der Waals surface area contributed by atoms with Crippen LogP contribution in [0.3, 0.4) is 0 Å². The number of anilines is 1. The van der Waals surface area contributed by atoms with Crippen LogP contribution in [0.4, 0.5) is 13.8 Å². The molecule has 0 aliphatic heterocycles. The van der Waals surface area contributed by atoms with Crippen molar-refractivity contribution in [2.24, 2.45) is 0 Å². The van der Waals surface area contributed by atoms with Crippen LogP contribution in [-0.4, -0.2) is 25.1 Å². The first-order valence-electron chi connectivity index (χ1n) is 8.69. The van der Waals surface area contributed by atoms with Gasteiger partial charge in [-0.05, 0) is 50.3 Å². The van der Waals surface area contributed by atoms with Crippen molar-refractivity contribution in [3.8, 4) is 5.75 Å². The standard InChI is InChI=1S/C19H19F2NO4S/c1-2-25-19(24)17-12-5-3-4-6-15(12)27-18(17)22-16(23)10-26-14-8-7-11(20)9-13(14)21/h7-9H,2-6,10H2,1H3,(H,22,23). The molecule has 1 aliphatic carbocycles. The molecule has 0 atom stereocenters. The Morgan fingerprint density at radius 1 is 1.22 bits per heavy atom. The normalized spacial score (nSPS) is 13.0.